The summed E-state index contributed by atoms with van der Waals surface area (Å²) in [4.78, 5) is 11.4. The first-order valence-electron chi connectivity index (χ1n) is 6.88. The maximum atomic E-state index is 11.4. The SMILES string of the molecule is CCOC(=O)/C=C/C1C2C(CC[C@@]2(C)O)C1(C)C. The third kappa shape index (κ3) is 1.99. The molecule has 3 nitrogen and oxygen atoms in total. The van der Waals surface area contributed by atoms with E-state index in [1.54, 1.807) is 6.92 Å². The van der Waals surface area contributed by atoms with Crippen LogP contribution in [-0.4, -0.2) is 23.3 Å². The molecule has 0 aromatic carbocycles. The Bertz CT molecular complexity index is 368. The fourth-order valence-electron chi connectivity index (χ4n) is 4.03. The Labute approximate surface area is 109 Å². The summed E-state index contributed by atoms with van der Waals surface area (Å²) in [5, 5.41) is 10.4. The Morgan fingerprint density at radius 1 is 1.44 bits per heavy atom. The number of carbonyl (C=O) groups is 1. The molecular formula is C15H24O3. The van der Waals surface area contributed by atoms with Crippen LogP contribution in [0.15, 0.2) is 12.2 Å². The second kappa shape index (κ2) is 4.37. The van der Waals surface area contributed by atoms with E-state index in [9.17, 15) is 9.90 Å². The molecule has 2 saturated carbocycles. The van der Waals surface area contributed by atoms with Crippen molar-refractivity contribution in [1.29, 1.82) is 0 Å². The van der Waals surface area contributed by atoms with Crippen LogP contribution in [0, 0.1) is 23.2 Å². The van der Waals surface area contributed by atoms with Gasteiger partial charge in [0.05, 0.1) is 12.2 Å². The fraction of sp³-hybridized carbons (Fsp3) is 0.800. The summed E-state index contributed by atoms with van der Waals surface area (Å²) in [6.07, 6.45) is 5.43. The number of hydrogen-bond acceptors (Lipinski definition) is 3. The van der Waals surface area contributed by atoms with Gasteiger partial charge in [0, 0.05) is 6.08 Å². The minimum Gasteiger partial charge on any atom is -0.463 e. The molecule has 0 heterocycles. The van der Waals surface area contributed by atoms with E-state index in [0.717, 1.165) is 12.8 Å². The zero-order valence-electron chi connectivity index (χ0n) is 11.8. The van der Waals surface area contributed by atoms with Crippen molar-refractivity contribution in [3.05, 3.63) is 12.2 Å². The number of hydrogen-bond donors (Lipinski definition) is 1. The van der Waals surface area contributed by atoms with Gasteiger partial charge in [-0.05, 0) is 49.9 Å². The fourth-order valence-corrected chi connectivity index (χ4v) is 4.03. The average molecular weight is 252 g/mol. The van der Waals surface area contributed by atoms with E-state index in [1.807, 2.05) is 13.0 Å². The van der Waals surface area contributed by atoms with Crippen molar-refractivity contribution in [2.45, 2.75) is 46.1 Å². The first kappa shape index (κ1) is 13.6. The summed E-state index contributed by atoms with van der Waals surface area (Å²) < 4.78 is 4.90. The Balaban J connectivity index is 2.10. The topological polar surface area (TPSA) is 46.5 Å². The Morgan fingerprint density at radius 2 is 2.11 bits per heavy atom. The lowest BCUT2D eigenvalue weighted by molar-refractivity contribution is -0.138. The number of carbonyl (C=O) groups excluding carboxylic acids is 1. The van der Waals surface area contributed by atoms with E-state index < -0.39 is 5.60 Å². The molecule has 2 aliphatic carbocycles. The van der Waals surface area contributed by atoms with E-state index in [0.29, 0.717) is 12.5 Å². The first-order chi connectivity index (χ1) is 8.30. The van der Waals surface area contributed by atoms with Gasteiger partial charge in [-0.1, -0.05) is 19.9 Å². The van der Waals surface area contributed by atoms with Crippen molar-refractivity contribution >= 4 is 5.97 Å². The van der Waals surface area contributed by atoms with Crippen molar-refractivity contribution in [3.8, 4) is 0 Å². The summed E-state index contributed by atoms with van der Waals surface area (Å²) in [6, 6.07) is 0. The van der Waals surface area contributed by atoms with Gasteiger partial charge >= 0.3 is 5.97 Å². The van der Waals surface area contributed by atoms with Crippen LogP contribution in [0.5, 0.6) is 0 Å². The summed E-state index contributed by atoms with van der Waals surface area (Å²) in [5.41, 5.74) is -0.405. The maximum absolute atomic E-state index is 11.4. The van der Waals surface area contributed by atoms with Crippen LogP contribution in [0.4, 0.5) is 0 Å². The summed E-state index contributed by atoms with van der Waals surface area (Å²) in [5.74, 6) is 0.848. The molecule has 0 aromatic rings. The number of rotatable bonds is 3. The quantitative estimate of drug-likeness (QED) is 0.620. The van der Waals surface area contributed by atoms with Crippen molar-refractivity contribution in [2.24, 2.45) is 23.2 Å². The van der Waals surface area contributed by atoms with Crippen molar-refractivity contribution in [3.63, 3.8) is 0 Å². The van der Waals surface area contributed by atoms with Gasteiger partial charge in [0.25, 0.3) is 0 Å². The molecule has 0 saturated heterocycles. The minimum atomic E-state index is -0.580. The highest BCUT2D eigenvalue weighted by Crippen LogP contribution is 2.66. The summed E-state index contributed by atoms with van der Waals surface area (Å²) >= 11 is 0. The van der Waals surface area contributed by atoms with Crippen LogP contribution >= 0.6 is 0 Å². The monoisotopic (exact) mass is 252 g/mol. The standard InChI is InChI=1S/C15H24O3/c1-5-18-12(16)7-6-10-13-11(14(10,2)3)8-9-15(13,4)17/h6-7,10-11,13,17H,5,8-9H2,1-4H3/b7-6+/t10?,11?,13?,15-/m1/s1. The van der Waals surface area contributed by atoms with Crippen LogP contribution < -0.4 is 0 Å². The highest BCUT2D eigenvalue weighted by Gasteiger charge is 2.63. The summed E-state index contributed by atoms with van der Waals surface area (Å²) in [6.45, 7) is 8.60. The molecule has 0 bridgehead atoms. The van der Waals surface area contributed by atoms with Crippen LogP contribution in [0.3, 0.4) is 0 Å². The number of esters is 1. The normalized spacial score (nSPS) is 41.5. The molecule has 1 N–H and O–H groups in total. The van der Waals surface area contributed by atoms with Crippen LogP contribution in [0.1, 0.15) is 40.5 Å². The van der Waals surface area contributed by atoms with Gasteiger partial charge in [-0.3, -0.25) is 0 Å². The van der Waals surface area contributed by atoms with Gasteiger partial charge in [-0.15, -0.1) is 0 Å². The molecule has 2 rings (SSSR count). The van der Waals surface area contributed by atoms with Crippen LogP contribution in [0.2, 0.25) is 0 Å². The molecule has 0 spiro atoms. The van der Waals surface area contributed by atoms with Gasteiger partial charge in [-0.25, -0.2) is 4.79 Å². The Kier molecular flexibility index (Phi) is 3.30. The third-order valence-corrected chi connectivity index (χ3v) is 5.04. The molecule has 4 atom stereocenters. The predicted molar refractivity (Wildman–Crippen MR) is 69.9 cm³/mol. The zero-order chi connectivity index (χ0) is 13.6. The molecule has 2 fully saturated rings. The van der Waals surface area contributed by atoms with Gasteiger partial charge in [0.1, 0.15) is 0 Å². The molecule has 2 aliphatic rings. The first-order valence-corrected chi connectivity index (χ1v) is 6.88. The van der Waals surface area contributed by atoms with Crippen molar-refractivity contribution in [1.82, 2.24) is 0 Å². The lowest BCUT2D eigenvalue weighted by atomic mass is 9.47. The van der Waals surface area contributed by atoms with Crippen molar-refractivity contribution < 1.29 is 14.6 Å². The lowest BCUT2D eigenvalue weighted by Crippen LogP contribution is -2.56. The Hall–Kier alpha value is -0.830. The van der Waals surface area contributed by atoms with Gasteiger partial charge in [-0.2, -0.15) is 0 Å². The minimum absolute atomic E-state index is 0.175. The van der Waals surface area contributed by atoms with Gasteiger partial charge < -0.3 is 9.84 Å². The smallest absolute Gasteiger partial charge is 0.330 e. The summed E-state index contributed by atoms with van der Waals surface area (Å²) in [7, 11) is 0. The van der Waals surface area contributed by atoms with Crippen LogP contribution in [-0.2, 0) is 9.53 Å². The number of fused-ring (bicyclic) bond motifs is 1. The third-order valence-electron chi connectivity index (χ3n) is 5.04. The largest absolute Gasteiger partial charge is 0.463 e. The van der Waals surface area contributed by atoms with Crippen molar-refractivity contribution in [2.75, 3.05) is 6.61 Å². The van der Waals surface area contributed by atoms with E-state index in [2.05, 4.69) is 13.8 Å². The lowest BCUT2D eigenvalue weighted by Gasteiger charge is -2.58. The highest BCUT2D eigenvalue weighted by atomic mass is 16.5. The number of allylic oxidation sites excluding steroid dienone is 1. The Morgan fingerprint density at radius 3 is 2.72 bits per heavy atom. The highest BCUT2D eigenvalue weighted by molar-refractivity contribution is 5.81. The van der Waals surface area contributed by atoms with E-state index in [4.69, 9.17) is 4.74 Å². The zero-order valence-corrected chi connectivity index (χ0v) is 11.8. The molecule has 3 unspecified atom stereocenters. The molecule has 0 aliphatic heterocycles. The second-order valence-corrected chi connectivity index (χ2v) is 6.49. The van der Waals surface area contributed by atoms with E-state index >= 15 is 0 Å². The molecule has 0 radical (unpaired) electrons. The maximum Gasteiger partial charge on any atom is 0.330 e. The average Bonchev–Trinajstić information content (AvgIpc) is 2.53. The number of aliphatic hydroxyl groups is 1. The molecule has 102 valence electrons. The molecular weight excluding hydrogens is 228 g/mol. The molecule has 0 amide bonds. The predicted octanol–water partition coefficient (Wildman–Crippen LogP) is 2.54. The second-order valence-electron chi connectivity index (χ2n) is 6.49. The van der Waals surface area contributed by atoms with Crippen LogP contribution in [0.25, 0.3) is 0 Å². The van der Waals surface area contributed by atoms with Gasteiger partial charge in [0.2, 0.25) is 0 Å². The molecule has 18 heavy (non-hydrogen) atoms. The van der Waals surface area contributed by atoms with E-state index in [1.165, 1.54) is 6.08 Å². The number of ether oxygens (including phenoxy) is 1. The molecule has 3 heteroatoms. The van der Waals surface area contributed by atoms with E-state index in [-0.39, 0.29) is 23.2 Å². The molecule has 0 aromatic heterocycles. The van der Waals surface area contributed by atoms with Gasteiger partial charge in [0.15, 0.2) is 0 Å².